The summed E-state index contributed by atoms with van der Waals surface area (Å²) in [5.41, 5.74) is -0.0373. The van der Waals surface area contributed by atoms with Crippen LogP contribution in [0.15, 0.2) is 48.5 Å². The van der Waals surface area contributed by atoms with Crippen LogP contribution in [0.1, 0.15) is 28.4 Å². The first kappa shape index (κ1) is 26.1. The third kappa shape index (κ3) is 6.20. The first-order valence-corrected chi connectivity index (χ1v) is 9.94. The van der Waals surface area contributed by atoms with Crippen LogP contribution < -0.4 is 26.2 Å². The lowest BCUT2D eigenvalue weighted by molar-refractivity contribution is -0.135. The summed E-state index contributed by atoms with van der Waals surface area (Å²) in [6.07, 6.45) is -3.28. The molecule has 180 valence electrons. The molecule has 9 nitrogen and oxygen atoms in total. The summed E-state index contributed by atoms with van der Waals surface area (Å²) in [6.45, 7) is 0.865. The minimum Gasteiger partial charge on any atom is -0.495 e. The smallest absolute Gasteiger partial charge is 0.315 e. The van der Waals surface area contributed by atoms with Crippen molar-refractivity contribution in [2.75, 3.05) is 14.2 Å². The minimum atomic E-state index is -3.28. The number of para-hydroxylation sites is 1. The van der Waals surface area contributed by atoms with Crippen LogP contribution in [0.2, 0.25) is 0 Å². The average molecular weight is 474 g/mol. The molecule has 0 spiro atoms. The van der Waals surface area contributed by atoms with Gasteiger partial charge in [0.25, 0.3) is 18.2 Å². The number of hydrogen-bond acceptors (Lipinski definition) is 5. The molecule has 2 aromatic carbocycles. The maximum absolute atomic E-state index is 13.8. The summed E-state index contributed by atoms with van der Waals surface area (Å²) in [6, 6.07) is 10.0. The topological polar surface area (TPSA) is 129 Å². The number of ether oxygens (including phenoxy) is 1. The van der Waals surface area contributed by atoms with Crippen molar-refractivity contribution in [3.8, 4) is 17.6 Å². The van der Waals surface area contributed by atoms with Gasteiger partial charge in [0.1, 0.15) is 17.3 Å². The summed E-state index contributed by atoms with van der Waals surface area (Å²) in [5.74, 6) is 4.26. The van der Waals surface area contributed by atoms with Gasteiger partial charge in [-0.15, -0.1) is 0 Å². The molecule has 2 aromatic rings. The number of amides is 4. The molecular weight excluding hydrogens is 450 g/mol. The van der Waals surface area contributed by atoms with Crippen LogP contribution in [0.3, 0.4) is 0 Å². The zero-order chi connectivity index (χ0) is 25.3. The monoisotopic (exact) mass is 474 g/mol. The van der Waals surface area contributed by atoms with E-state index in [1.165, 1.54) is 43.9 Å². The van der Waals surface area contributed by atoms with Gasteiger partial charge in [-0.1, -0.05) is 24.0 Å². The van der Waals surface area contributed by atoms with Gasteiger partial charge in [0, 0.05) is 18.2 Å². The predicted molar refractivity (Wildman–Crippen MR) is 119 cm³/mol. The molecule has 4 amide bonds. The van der Waals surface area contributed by atoms with Crippen LogP contribution in [0.5, 0.6) is 5.75 Å². The van der Waals surface area contributed by atoms with Gasteiger partial charge in [0.15, 0.2) is 0 Å². The fraction of sp³-hybridized carbons (Fsp3) is 0.261. The lowest BCUT2D eigenvalue weighted by Crippen LogP contribution is -2.69. The standard InChI is InChI=1S/C23H24F2N4O5/c1-23(21(24)25,28-22(32)26-2)18(20(31)29-33)27-19(30)16-12-9-14(10-13-16)8-11-15-6-4-5-7-17(15)34-3/h4-7,9-10,12-13,18,21,33H,1-3H3,(H,27,30)(H,29,31)(H2,26,28,32)/t18-,23?/m1/s1. The highest BCUT2D eigenvalue weighted by Crippen LogP contribution is 2.21. The Morgan fingerprint density at radius 2 is 1.71 bits per heavy atom. The summed E-state index contributed by atoms with van der Waals surface area (Å²) in [7, 11) is 2.72. The normalized spacial score (nSPS) is 12.9. The molecule has 0 saturated heterocycles. The zero-order valence-corrected chi connectivity index (χ0v) is 18.6. The number of carbonyl (C=O) groups excluding carboxylic acids is 3. The predicted octanol–water partition coefficient (Wildman–Crippen LogP) is 1.65. The highest BCUT2D eigenvalue weighted by Gasteiger charge is 2.48. The Balaban J connectivity index is 2.25. The van der Waals surface area contributed by atoms with Crippen LogP contribution in [0.25, 0.3) is 0 Å². The molecule has 0 fully saturated rings. The van der Waals surface area contributed by atoms with E-state index in [4.69, 9.17) is 9.94 Å². The molecule has 2 atom stereocenters. The van der Waals surface area contributed by atoms with Gasteiger partial charge in [-0.2, -0.15) is 0 Å². The molecule has 0 bridgehead atoms. The lowest BCUT2D eigenvalue weighted by Gasteiger charge is -2.36. The van der Waals surface area contributed by atoms with E-state index in [9.17, 15) is 23.2 Å². The first-order valence-electron chi connectivity index (χ1n) is 9.94. The second-order valence-corrected chi connectivity index (χ2v) is 7.20. The van der Waals surface area contributed by atoms with Gasteiger partial charge in [0.2, 0.25) is 0 Å². The molecule has 2 rings (SSSR count). The van der Waals surface area contributed by atoms with E-state index < -0.39 is 35.9 Å². The largest absolute Gasteiger partial charge is 0.495 e. The van der Waals surface area contributed by atoms with E-state index in [0.29, 0.717) is 16.9 Å². The van der Waals surface area contributed by atoms with E-state index in [0.717, 1.165) is 6.92 Å². The third-order valence-corrected chi connectivity index (χ3v) is 4.91. The molecule has 34 heavy (non-hydrogen) atoms. The molecular formula is C23H24F2N4O5. The minimum absolute atomic E-state index is 0.0372. The van der Waals surface area contributed by atoms with Crippen LogP contribution in [0.4, 0.5) is 13.6 Å². The summed E-state index contributed by atoms with van der Waals surface area (Å²) < 4.78 is 32.9. The molecule has 0 aliphatic rings. The molecule has 0 heterocycles. The number of urea groups is 1. The molecule has 5 N–H and O–H groups in total. The van der Waals surface area contributed by atoms with Crippen molar-refractivity contribution >= 4 is 17.8 Å². The average Bonchev–Trinajstić information content (AvgIpc) is 2.85. The van der Waals surface area contributed by atoms with Gasteiger partial charge >= 0.3 is 6.03 Å². The number of benzene rings is 2. The van der Waals surface area contributed by atoms with Gasteiger partial charge in [-0.25, -0.2) is 19.1 Å². The number of carbonyl (C=O) groups is 3. The molecule has 0 saturated carbocycles. The summed E-state index contributed by atoms with van der Waals surface area (Å²) in [5, 5.41) is 15.2. The lowest BCUT2D eigenvalue weighted by atomic mass is 9.91. The Kier molecular flexibility index (Phi) is 8.92. The molecule has 0 aliphatic carbocycles. The van der Waals surface area contributed by atoms with E-state index >= 15 is 0 Å². The van der Waals surface area contributed by atoms with Crippen LogP contribution >= 0.6 is 0 Å². The Labute approximate surface area is 194 Å². The van der Waals surface area contributed by atoms with E-state index in [2.05, 4.69) is 22.5 Å². The second kappa shape index (κ2) is 11.6. The quantitative estimate of drug-likeness (QED) is 0.237. The fourth-order valence-electron chi connectivity index (χ4n) is 2.92. The number of hydrogen-bond donors (Lipinski definition) is 5. The van der Waals surface area contributed by atoms with Crippen molar-refractivity contribution in [1.29, 1.82) is 0 Å². The summed E-state index contributed by atoms with van der Waals surface area (Å²) in [4.78, 5) is 36.5. The highest BCUT2D eigenvalue weighted by atomic mass is 19.3. The summed E-state index contributed by atoms with van der Waals surface area (Å²) >= 11 is 0. The zero-order valence-electron chi connectivity index (χ0n) is 18.6. The van der Waals surface area contributed by atoms with E-state index in [1.807, 2.05) is 17.4 Å². The van der Waals surface area contributed by atoms with Crippen molar-refractivity contribution in [3.63, 3.8) is 0 Å². The molecule has 11 heteroatoms. The van der Waals surface area contributed by atoms with E-state index in [-0.39, 0.29) is 5.56 Å². The number of nitrogens with one attached hydrogen (secondary N) is 4. The van der Waals surface area contributed by atoms with Gasteiger partial charge in [0.05, 0.1) is 12.7 Å². The Hall–Kier alpha value is -4.17. The number of halogens is 2. The van der Waals surface area contributed by atoms with Crippen molar-refractivity contribution in [2.24, 2.45) is 0 Å². The van der Waals surface area contributed by atoms with Gasteiger partial charge in [-0.05, 0) is 43.3 Å². The number of hydroxylamine groups is 1. The van der Waals surface area contributed by atoms with Crippen molar-refractivity contribution in [1.82, 2.24) is 21.4 Å². The first-order chi connectivity index (χ1) is 16.2. The SMILES string of the molecule is CNC(=O)NC(C)(C(F)F)[C@H](NC(=O)c1ccc(C#Cc2ccccc2OC)cc1)C(=O)NO. The highest BCUT2D eigenvalue weighted by molar-refractivity contribution is 5.98. The molecule has 1 unspecified atom stereocenters. The molecule has 0 aromatic heterocycles. The number of methoxy groups -OCH3 is 1. The Morgan fingerprint density at radius 1 is 1.06 bits per heavy atom. The van der Waals surface area contributed by atoms with Crippen molar-refractivity contribution in [2.45, 2.75) is 24.9 Å². The van der Waals surface area contributed by atoms with Crippen LogP contribution in [-0.4, -0.2) is 55.2 Å². The van der Waals surface area contributed by atoms with Crippen LogP contribution in [0, 0.1) is 11.8 Å². The molecule has 0 aliphatic heterocycles. The van der Waals surface area contributed by atoms with Crippen LogP contribution in [-0.2, 0) is 4.79 Å². The number of alkyl halides is 2. The molecule has 0 radical (unpaired) electrons. The van der Waals surface area contributed by atoms with Gasteiger partial charge in [-0.3, -0.25) is 14.8 Å². The Morgan fingerprint density at radius 3 is 2.26 bits per heavy atom. The van der Waals surface area contributed by atoms with Crippen molar-refractivity contribution < 1.29 is 33.1 Å². The maximum Gasteiger partial charge on any atom is 0.315 e. The van der Waals surface area contributed by atoms with Crippen molar-refractivity contribution in [3.05, 3.63) is 65.2 Å². The maximum atomic E-state index is 13.8. The third-order valence-electron chi connectivity index (χ3n) is 4.91. The number of rotatable bonds is 7. The second-order valence-electron chi connectivity index (χ2n) is 7.20. The Bertz CT molecular complexity index is 1100. The van der Waals surface area contributed by atoms with Gasteiger partial charge < -0.3 is 20.7 Å². The van der Waals surface area contributed by atoms with E-state index in [1.54, 1.807) is 12.1 Å². The fourth-order valence-corrected chi connectivity index (χ4v) is 2.92.